The molecule has 0 spiro atoms. The summed E-state index contributed by atoms with van der Waals surface area (Å²) in [5.41, 5.74) is 11.2. The van der Waals surface area contributed by atoms with Gasteiger partial charge in [-0.05, 0) is 84.9 Å². The van der Waals surface area contributed by atoms with Gasteiger partial charge in [0.05, 0.1) is 11.4 Å². The second kappa shape index (κ2) is 12.6. The van der Waals surface area contributed by atoms with Crippen molar-refractivity contribution >= 4 is 54.3 Å². The molecule has 256 valence electrons. The molecule has 3 nitrogen and oxygen atoms in total. The summed E-state index contributed by atoms with van der Waals surface area (Å²) in [5.74, 6) is 0.708. The maximum absolute atomic E-state index is 6.47. The fourth-order valence-electron chi connectivity index (χ4n) is 8.22. The van der Waals surface area contributed by atoms with Crippen LogP contribution in [-0.4, -0.2) is 9.97 Å². The molecule has 0 amide bonds. The highest BCUT2D eigenvalue weighted by Gasteiger charge is 2.16. The van der Waals surface area contributed by atoms with Gasteiger partial charge >= 0.3 is 0 Å². The highest BCUT2D eigenvalue weighted by molar-refractivity contribution is 6.26. The van der Waals surface area contributed by atoms with Crippen LogP contribution < -0.4 is 0 Å². The van der Waals surface area contributed by atoms with Gasteiger partial charge in [0.25, 0.3) is 0 Å². The smallest absolute Gasteiger partial charge is 0.160 e. The fourth-order valence-corrected chi connectivity index (χ4v) is 8.22. The first-order valence-corrected chi connectivity index (χ1v) is 18.6. The van der Waals surface area contributed by atoms with Crippen LogP contribution in [0.15, 0.2) is 199 Å². The first-order chi connectivity index (χ1) is 27.2. The van der Waals surface area contributed by atoms with Gasteiger partial charge in [-0.15, -0.1) is 0 Å². The summed E-state index contributed by atoms with van der Waals surface area (Å²) in [5, 5.41) is 9.87. The monoisotopic (exact) mass is 700 g/mol. The Bertz CT molecular complexity index is 3140. The highest BCUT2D eigenvalue weighted by Crippen LogP contribution is 2.41. The molecule has 0 aliphatic rings. The Morgan fingerprint density at radius 2 is 0.782 bits per heavy atom. The van der Waals surface area contributed by atoms with Gasteiger partial charge in [0.2, 0.25) is 0 Å². The maximum Gasteiger partial charge on any atom is 0.160 e. The Kier molecular flexibility index (Phi) is 7.17. The van der Waals surface area contributed by atoms with Crippen molar-refractivity contribution in [2.24, 2.45) is 0 Å². The minimum Gasteiger partial charge on any atom is -0.456 e. The summed E-state index contributed by atoms with van der Waals surface area (Å²) >= 11 is 0. The van der Waals surface area contributed by atoms with E-state index in [4.69, 9.17) is 14.4 Å². The molecule has 0 atom stereocenters. The zero-order chi connectivity index (χ0) is 36.3. The van der Waals surface area contributed by atoms with Gasteiger partial charge in [0, 0.05) is 27.5 Å². The zero-order valence-corrected chi connectivity index (χ0v) is 29.8. The van der Waals surface area contributed by atoms with Crippen LogP contribution in [0.1, 0.15) is 0 Å². The highest BCUT2D eigenvalue weighted by atomic mass is 16.3. The third-order valence-corrected chi connectivity index (χ3v) is 10.9. The van der Waals surface area contributed by atoms with Crippen molar-refractivity contribution < 1.29 is 4.42 Å². The molecule has 11 aromatic rings. The third-order valence-electron chi connectivity index (χ3n) is 10.9. The minimum atomic E-state index is 0.708. The van der Waals surface area contributed by atoms with E-state index in [1.807, 2.05) is 36.4 Å². The summed E-state index contributed by atoms with van der Waals surface area (Å²) in [6, 6.07) is 68.6. The maximum atomic E-state index is 6.47. The molecule has 0 N–H and O–H groups in total. The molecule has 9 aromatic carbocycles. The second-order valence-corrected chi connectivity index (χ2v) is 14.1. The topological polar surface area (TPSA) is 38.9 Å². The van der Waals surface area contributed by atoms with E-state index in [0.29, 0.717) is 5.82 Å². The number of hydrogen-bond donors (Lipinski definition) is 0. The Hall–Kier alpha value is -7.36. The molecular weight excluding hydrogens is 669 g/mol. The SMILES string of the molecule is c1ccc(-c2cc(-c3ccc(-c4cccc5oc6ccc(-c7ccc8c9ccccc9c9ccccc9c8c7)cc6c45)cc3)nc(-c3ccccc3)n2)cc1. The molecule has 0 fully saturated rings. The molecule has 0 unspecified atom stereocenters. The lowest BCUT2D eigenvalue weighted by atomic mass is 9.91. The summed E-state index contributed by atoms with van der Waals surface area (Å²) < 4.78 is 6.47. The van der Waals surface area contributed by atoms with Crippen molar-refractivity contribution in [1.29, 1.82) is 0 Å². The molecule has 55 heavy (non-hydrogen) atoms. The standard InChI is InChI=1S/C52H32N2O/c1-3-12-34(13-4-1)47-32-48(54-52(53-47)36-14-5-2-6-15-36)35-24-22-33(23-25-35)39-20-11-21-50-51(39)46-31-38(27-29-49(46)55-50)37-26-28-44-42-18-8-7-16-40(42)41-17-9-10-19-43(41)45(44)30-37/h1-32H. The van der Waals surface area contributed by atoms with Gasteiger partial charge in [-0.25, -0.2) is 9.97 Å². The number of nitrogens with zero attached hydrogens (tertiary/aromatic N) is 2. The Labute approximate surface area is 317 Å². The van der Waals surface area contributed by atoms with E-state index >= 15 is 0 Å². The summed E-state index contributed by atoms with van der Waals surface area (Å²) in [4.78, 5) is 10.0. The Morgan fingerprint density at radius 3 is 1.44 bits per heavy atom. The van der Waals surface area contributed by atoms with Crippen LogP contribution in [-0.2, 0) is 0 Å². The van der Waals surface area contributed by atoms with Gasteiger partial charge < -0.3 is 4.42 Å². The van der Waals surface area contributed by atoms with Crippen LogP contribution in [0.4, 0.5) is 0 Å². The van der Waals surface area contributed by atoms with Crippen molar-refractivity contribution in [3.63, 3.8) is 0 Å². The Morgan fingerprint density at radius 1 is 0.291 bits per heavy atom. The molecular formula is C52H32N2O. The average molecular weight is 701 g/mol. The van der Waals surface area contributed by atoms with E-state index < -0.39 is 0 Å². The van der Waals surface area contributed by atoms with Crippen LogP contribution in [0.25, 0.3) is 110 Å². The molecule has 0 radical (unpaired) electrons. The fraction of sp³-hybridized carbons (Fsp3) is 0. The van der Waals surface area contributed by atoms with Crippen LogP contribution in [0, 0.1) is 0 Å². The normalized spacial score (nSPS) is 11.6. The van der Waals surface area contributed by atoms with Gasteiger partial charge in [-0.3, -0.25) is 0 Å². The first kappa shape index (κ1) is 31.2. The lowest BCUT2D eigenvalue weighted by Gasteiger charge is -2.12. The Balaban J connectivity index is 1.02. The van der Waals surface area contributed by atoms with Crippen LogP contribution in [0.2, 0.25) is 0 Å². The second-order valence-electron chi connectivity index (χ2n) is 14.1. The number of furan rings is 1. The zero-order valence-electron chi connectivity index (χ0n) is 29.8. The number of aromatic nitrogens is 2. The minimum absolute atomic E-state index is 0.708. The van der Waals surface area contributed by atoms with E-state index in [1.165, 1.54) is 37.9 Å². The van der Waals surface area contributed by atoms with Crippen molar-refractivity contribution in [3.05, 3.63) is 194 Å². The molecule has 2 heterocycles. The lowest BCUT2D eigenvalue weighted by molar-refractivity contribution is 0.669. The number of hydrogen-bond acceptors (Lipinski definition) is 3. The van der Waals surface area contributed by atoms with E-state index in [1.54, 1.807) is 0 Å². The summed E-state index contributed by atoms with van der Waals surface area (Å²) in [6.45, 7) is 0. The quantitative estimate of drug-likeness (QED) is 0.168. The predicted molar refractivity (Wildman–Crippen MR) is 229 cm³/mol. The van der Waals surface area contributed by atoms with E-state index in [2.05, 4.69) is 158 Å². The number of rotatable bonds is 5. The van der Waals surface area contributed by atoms with Gasteiger partial charge in [-0.1, -0.05) is 164 Å². The third kappa shape index (κ3) is 5.28. The molecule has 0 saturated carbocycles. The number of benzene rings is 9. The largest absolute Gasteiger partial charge is 0.456 e. The van der Waals surface area contributed by atoms with Crippen LogP contribution in [0.5, 0.6) is 0 Å². The molecule has 3 heteroatoms. The van der Waals surface area contributed by atoms with Crippen molar-refractivity contribution in [1.82, 2.24) is 9.97 Å². The van der Waals surface area contributed by atoms with E-state index in [-0.39, 0.29) is 0 Å². The molecule has 0 aliphatic carbocycles. The molecule has 0 saturated heterocycles. The lowest BCUT2D eigenvalue weighted by Crippen LogP contribution is -1.95. The summed E-state index contributed by atoms with van der Waals surface area (Å²) in [6.07, 6.45) is 0. The van der Waals surface area contributed by atoms with E-state index in [9.17, 15) is 0 Å². The molecule has 0 bridgehead atoms. The van der Waals surface area contributed by atoms with E-state index in [0.717, 1.165) is 66.7 Å². The number of fused-ring (bicyclic) bond motifs is 9. The van der Waals surface area contributed by atoms with Crippen LogP contribution in [0.3, 0.4) is 0 Å². The average Bonchev–Trinajstić information content (AvgIpc) is 3.65. The van der Waals surface area contributed by atoms with Crippen LogP contribution >= 0.6 is 0 Å². The molecule has 2 aromatic heterocycles. The van der Waals surface area contributed by atoms with Crippen molar-refractivity contribution in [3.8, 4) is 56.2 Å². The van der Waals surface area contributed by atoms with Crippen molar-refractivity contribution in [2.75, 3.05) is 0 Å². The van der Waals surface area contributed by atoms with Gasteiger partial charge in [0.1, 0.15) is 11.2 Å². The summed E-state index contributed by atoms with van der Waals surface area (Å²) in [7, 11) is 0. The van der Waals surface area contributed by atoms with Gasteiger partial charge in [0.15, 0.2) is 5.82 Å². The molecule has 0 aliphatic heterocycles. The first-order valence-electron chi connectivity index (χ1n) is 18.6. The molecule has 11 rings (SSSR count). The van der Waals surface area contributed by atoms with Crippen molar-refractivity contribution in [2.45, 2.75) is 0 Å². The van der Waals surface area contributed by atoms with Gasteiger partial charge in [-0.2, -0.15) is 0 Å². The predicted octanol–water partition coefficient (Wildman–Crippen LogP) is 14.2.